The summed E-state index contributed by atoms with van der Waals surface area (Å²) in [6.07, 6.45) is 3.19. The van der Waals surface area contributed by atoms with Gasteiger partial charge in [-0.15, -0.1) is 6.58 Å². The fourth-order valence-electron chi connectivity index (χ4n) is 4.77. The number of carbonyl (C=O) groups is 1. The third-order valence-corrected chi connectivity index (χ3v) is 6.03. The number of hydrogen-bond acceptors (Lipinski definition) is 5. The molecule has 1 heterocycles. The molecular formula is C20H22O5. The van der Waals surface area contributed by atoms with E-state index in [0.29, 0.717) is 23.7 Å². The number of Topliss-reactive ketones (excluding diaryl/α,β-unsaturated/α-hetero) is 1. The average molecular weight is 342 g/mol. The first kappa shape index (κ1) is 16.2. The van der Waals surface area contributed by atoms with Crippen molar-refractivity contribution in [3.8, 4) is 11.5 Å². The van der Waals surface area contributed by atoms with Gasteiger partial charge in [0.05, 0.1) is 18.4 Å². The average Bonchev–Trinajstić information content (AvgIpc) is 3.13. The molecule has 1 saturated carbocycles. The van der Waals surface area contributed by atoms with Crippen LogP contribution in [-0.4, -0.2) is 30.9 Å². The second kappa shape index (κ2) is 5.63. The molecule has 3 aliphatic rings. The van der Waals surface area contributed by atoms with E-state index in [0.717, 1.165) is 5.56 Å². The Morgan fingerprint density at radius 3 is 2.84 bits per heavy atom. The number of aliphatic hydroxyl groups excluding tert-OH is 1. The van der Waals surface area contributed by atoms with Crippen LogP contribution in [0, 0.1) is 17.3 Å². The molecule has 0 aromatic heterocycles. The summed E-state index contributed by atoms with van der Waals surface area (Å²) >= 11 is 0. The summed E-state index contributed by atoms with van der Waals surface area (Å²) in [7, 11) is 1.53. The van der Waals surface area contributed by atoms with Gasteiger partial charge in [0, 0.05) is 5.92 Å². The van der Waals surface area contributed by atoms with Crippen molar-refractivity contribution in [1.82, 2.24) is 0 Å². The van der Waals surface area contributed by atoms with E-state index in [1.807, 2.05) is 24.3 Å². The summed E-state index contributed by atoms with van der Waals surface area (Å²) in [6.45, 7) is 6.10. The first-order chi connectivity index (χ1) is 12.0. The number of carbonyl (C=O) groups excluding carboxylic acids is 1. The van der Waals surface area contributed by atoms with Crippen LogP contribution in [0.4, 0.5) is 0 Å². The Kier molecular flexibility index (Phi) is 3.65. The molecule has 4 rings (SSSR count). The molecule has 1 fully saturated rings. The van der Waals surface area contributed by atoms with Crippen molar-refractivity contribution in [2.24, 2.45) is 17.3 Å². The highest BCUT2D eigenvalue weighted by molar-refractivity contribution is 5.95. The SMILES string of the molecule is C=CC[C@@]12C=C(OC)[C@@H](O)[C@@H](C1=O)[C@H](c1ccc3c(c1)OCO3)[C@H]2C. The number of fused-ring (bicyclic) bond motifs is 3. The lowest BCUT2D eigenvalue weighted by Gasteiger charge is -2.33. The molecule has 1 N–H and O–H groups in total. The minimum absolute atomic E-state index is 0.00525. The molecule has 2 aliphatic carbocycles. The second-order valence-electron chi connectivity index (χ2n) is 7.05. The first-order valence-corrected chi connectivity index (χ1v) is 8.53. The van der Waals surface area contributed by atoms with Crippen LogP contribution in [0.2, 0.25) is 0 Å². The van der Waals surface area contributed by atoms with Crippen molar-refractivity contribution < 1.29 is 24.1 Å². The molecule has 5 nitrogen and oxygen atoms in total. The Morgan fingerprint density at radius 2 is 2.12 bits per heavy atom. The number of ether oxygens (including phenoxy) is 3. The highest BCUT2D eigenvalue weighted by atomic mass is 16.7. The maximum Gasteiger partial charge on any atom is 0.231 e. The zero-order valence-electron chi connectivity index (χ0n) is 14.4. The van der Waals surface area contributed by atoms with E-state index >= 15 is 0 Å². The molecule has 5 heteroatoms. The van der Waals surface area contributed by atoms with E-state index in [1.54, 1.807) is 6.08 Å². The molecule has 0 unspecified atom stereocenters. The van der Waals surface area contributed by atoms with Crippen LogP contribution in [0.3, 0.4) is 0 Å². The van der Waals surface area contributed by atoms with E-state index in [-0.39, 0.29) is 24.4 Å². The van der Waals surface area contributed by atoms with Gasteiger partial charge in [-0.1, -0.05) is 19.1 Å². The first-order valence-electron chi connectivity index (χ1n) is 8.53. The number of hydrogen-bond donors (Lipinski definition) is 1. The van der Waals surface area contributed by atoms with Gasteiger partial charge in [0.2, 0.25) is 6.79 Å². The van der Waals surface area contributed by atoms with Gasteiger partial charge >= 0.3 is 0 Å². The van der Waals surface area contributed by atoms with E-state index < -0.39 is 17.4 Å². The van der Waals surface area contributed by atoms with Crippen molar-refractivity contribution in [3.63, 3.8) is 0 Å². The third kappa shape index (κ3) is 2.08. The Morgan fingerprint density at radius 1 is 1.36 bits per heavy atom. The van der Waals surface area contributed by atoms with Crippen LogP contribution in [0.25, 0.3) is 0 Å². The zero-order chi connectivity index (χ0) is 17.8. The number of benzene rings is 1. The van der Waals surface area contributed by atoms with Gasteiger partial charge in [0.15, 0.2) is 11.5 Å². The molecule has 5 atom stereocenters. The van der Waals surface area contributed by atoms with Crippen LogP contribution in [0.15, 0.2) is 42.7 Å². The molecule has 25 heavy (non-hydrogen) atoms. The number of methoxy groups -OCH3 is 1. The number of allylic oxidation sites excluding steroid dienone is 2. The van der Waals surface area contributed by atoms with Crippen LogP contribution < -0.4 is 9.47 Å². The van der Waals surface area contributed by atoms with Crippen LogP contribution in [0.1, 0.15) is 24.8 Å². The molecular weight excluding hydrogens is 320 g/mol. The Bertz CT molecular complexity index is 767. The monoisotopic (exact) mass is 342 g/mol. The smallest absolute Gasteiger partial charge is 0.231 e. The largest absolute Gasteiger partial charge is 0.499 e. The topological polar surface area (TPSA) is 65.0 Å². The van der Waals surface area contributed by atoms with Gasteiger partial charge < -0.3 is 19.3 Å². The Balaban J connectivity index is 1.83. The Hall–Kier alpha value is -2.27. The summed E-state index contributed by atoms with van der Waals surface area (Å²) in [4.78, 5) is 13.2. The lowest BCUT2D eigenvalue weighted by Crippen LogP contribution is -2.40. The van der Waals surface area contributed by atoms with Gasteiger partial charge in [0.1, 0.15) is 17.6 Å². The van der Waals surface area contributed by atoms with Crippen molar-refractivity contribution >= 4 is 5.78 Å². The fraction of sp³-hybridized carbons (Fsp3) is 0.450. The molecule has 0 amide bonds. The summed E-state index contributed by atoms with van der Waals surface area (Å²) in [6, 6.07) is 5.76. The van der Waals surface area contributed by atoms with E-state index in [4.69, 9.17) is 14.2 Å². The molecule has 1 aromatic carbocycles. The van der Waals surface area contributed by atoms with E-state index in [2.05, 4.69) is 13.5 Å². The maximum atomic E-state index is 13.2. The highest BCUT2D eigenvalue weighted by Crippen LogP contribution is 2.60. The number of rotatable bonds is 4. The minimum Gasteiger partial charge on any atom is -0.499 e. The van der Waals surface area contributed by atoms with Crippen LogP contribution in [0.5, 0.6) is 11.5 Å². The molecule has 2 bridgehead atoms. The Labute approximate surface area is 146 Å². The van der Waals surface area contributed by atoms with Crippen molar-refractivity contribution in [2.45, 2.75) is 25.4 Å². The van der Waals surface area contributed by atoms with Gasteiger partial charge in [-0.2, -0.15) is 0 Å². The van der Waals surface area contributed by atoms with Gasteiger partial charge in [-0.05, 0) is 36.1 Å². The molecule has 1 aromatic rings. The highest BCUT2D eigenvalue weighted by Gasteiger charge is 2.62. The minimum atomic E-state index is -0.934. The normalized spacial score (nSPS) is 35.5. The predicted octanol–water partition coefficient (Wildman–Crippen LogP) is 2.80. The zero-order valence-corrected chi connectivity index (χ0v) is 14.4. The van der Waals surface area contributed by atoms with Gasteiger partial charge in [-0.3, -0.25) is 4.79 Å². The lowest BCUT2D eigenvalue weighted by molar-refractivity contribution is -0.132. The quantitative estimate of drug-likeness (QED) is 0.853. The number of aliphatic hydroxyl groups is 1. The molecule has 1 aliphatic heterocycles. The maximum absolute atomic E-state index is 13.2. The second-order valence-corrected chi connectivity index (χ2v) is 7.05. The number of ketones is 1. The summed E-state index contributed by atoms with van der Waals surface area (Å²) in [5, 5.41) is 10.8. The van der Waals surface area contributed by atoms with E-state index in [1.165, 1.54) is 7.11 Å². The summed E-state index contributed by atoms with van der Waals surface area (Å²) < 4.78 is 16.3. The van der Waals surface area contributed by atoms with Crippen molar-refractivity contribution in [1.29, 1.82) is 0 Å². The molecule has 132 valence electrons. The van der Waals surface area contributed by atoms with Crippen molar-refractivity contribution in [2.75, 3.05) is 13.9 Å². The molecule has 0 saturated heterocycles. The molecule has 0 radical (unpaired) electrons. The molecule has 0 spiro atoms. The van der Waals surface area contributed by atoms with Crippen LogP contribution >= 0.6 is 0 Å². The fourth-order valence-corrected chi connectivity index (χ4v) is 4.77. The van der Waals surface area contributed by atoms with Gasteiger partial charge in [0.25, 0.3) is 0 Å². The van der Waals surface area contributed by atoms with Crippen LogP contribution in [-0.2, 0) is 9.53 Å². The predicted molar refractivity (Wildman–Crippen MR) is 91.3 cm³/mol. The lowest BCUT2D eigenvalue weighted by atomic mass is 9.71. The third-order valence-electron chi connectivity index (χ3n) is 6.03. The van der Waals surface area contributed by atoms with E-state index in [9.17, 15) is 9.90 Å². The van der Waals surface area contributed by atoms with Crippen molar-refractivity contribution in [3.05, 3.63) is 48.3 Å². The van der Waals surface area contributed by atoms with Gasteiger partial charge in [-0.25, -0.2) is 0 Å². The summed E-state index contributed by atoms with van der Waals surface area (Å²) in [5.41, 5.74) is 0.295. The summed E-state index contributed by atoms with van der Waals surface area (Å²) in [5.74, 6) is 1.28. The standard InChI is InChI=1S/C20H22O5/c1-4-7-20-9-15(23-3)18(21)17(19(20)22)16(11(20)2)12-5-6-13-14(8-12)25-10-24-13/h4-6,8-9,11,16-18,21H,1,7,10H2,2-3H3/t11-,16+,17+,18-,20+/m1/s1.